The van der Waals surface area contributed by atoms with Crippen LogP contribution in [0.3, 0.4) is 0 Å². The van der Waals surface area contributed by atoms with Gasteiger partial charge in [-0.05, 0) is 19.4 Å². The van der Waals surface area contributed by atoms with Gasteiger partial charge in [-0.2, -0.15) is 0 Å². The van der Waals surface area contributed by atoms with E-state index in [-0.39, 0.29) is 18.4 Å². The quantitative estimate of drug-likeness (QED) is 0.865. The fourth-order valence-electron chi connectivity index (χ4n) is 3.30. The van der Waals surface area contributed by atoms with Crippen LogP contribution >= 0.6 is 0 Å². The molecule has 1 N–H and O–H groups in total. The zero-order valence-corrected chi connectivity index (χ0v) is 14.2. The summed E-state index contributed by atoms with van der Waals surface area (Å²) in [4.78, 5) is 17.9. The van der Waals surface area contributed by atoms with E-state index in [4.69, 9.17) is 14.5 Å². The van der Waals surface area contributed by atoms with E-state index in [1.54, 1.807) is 0 Å². The third kappa shape index (κ3) is 3.51. The maximum atomic E-state index is 10.9. The summed E-state index contributed by atoms with van der Waals surface area (Å²) in [6, 6.07) is 10.2. The normalized spacial score (nSPS) is 18.4. The minimum Gasteiger partial charge on any atom is -0.481 e. The Kier molecular flexibility index (Phi) is 5.00. The van der Waals surface area contributed by atoms with Crippen LogP contribution in [-0.4, -0.2) is 34.0 Å². The number of nitrogens with zero attached hydrogens (tertiary/aromatic N) is 2. The van der Waals surface area contributed by atoms with Gasteiger partial charge in [0.1, 0.15) is 11.5 Å². The van der Waals surface area contributed by atoms with E-state index in [1.165, 1.54) is 0 Å². The third-order valence-electron chi connectivity index (χ3n) is 4.50. The number of aromatic nitrogens is 1. The van der Waals surface area contributed by atoms with Gasteiger partial charge in [-0.25, -0.2) is 4.98 Å². The molecule has 1 fully saturated rings. The van der Waals surface area contributed by atoms with Gasteiger partial charge >= 0.3 is 5.97 Å². The number of rotatable bonds is 6. The largest absolute Gasteiger partial charge is 0.481 e. The van der Waals surface area contributed by atoms with Gasteiger partial charge in [0.15, 0.2) is 0 Å². The van der Waals surface area contributed by atoms with Crippen molar-refractivity contribution in [2.45, 2.75) is 45.1 Å². The summed E-state index contributed by atoms with van der Waals surface area (Å²) in [5.41, 5.74) is 1.97. The standard InChI is InChI=1S/C19H24N2O3/c1-13(2)18-17(14-7-4-3-5-8-14)20-19(24-18)15-9-6-11-21(15)12-10-16(22)23/h3-5,7-8,13,15H,6,9-12H2,1-2H3,(H,22,23)/t15-/m1/s1. The molecule has 1 atom stereocenters. The topological polar surface area (TPSA) is 66.6 Å². The predicted octanol–water partition coefficient (Wildman–Crippen LogP) is 4.08. The molecular formula is C19H24N2O3. The van der Waals surface area contributed by atoms with Crippen LogP contribution < -0.4 is 0 Å². The van der Waals surface area contributed by atoms with Crippen molar-refractivity contribution >= 4 is 5.97 Å². The lowest BCUT2D eigenvalue weighted by Crippen LogP contribution is -2.26. The molecule has 3 rings (SSSR count). The van der Waals surface area contributed by atoms with Crippen LogP contribution in [-0.2, 0) is 4.79 Å². The molecule has 24 heavy (non-hydrogen) atoms. The molecule has 5 heteroatoms. The van der Waals surface area contributed by atoms with Crippen LogP contribution in [0.2, 0.25) is 0 Å². The highest BCUT2D eigenvalue weighted by Gasteiger charge is 2.31. The summed E-state index contributed by atoms with van der Waals surface area (Å²) in [5, 5.41) is 8.93. The first-order valence-corrected chi connectivity index (χ1v) is 8.58. The minimum atomic E-state index is -0.763. The number of oxazole rings is 1. The molecule has 0 radical (unpaired) electrons. The number of aliphatic carboxylic acids is 1. The van der Waals surface area contributed by atoms with Gasteiger partial charge in [0, 0.05) is 18.0 Å². The molecule has 5 nitrogen and oxygen atoms in total. The van der Waals surface area contributed by atoms with E-state index in [0.29, 0.717) is 6.54 Å². The smallest absolute Gasteiger partial charge is 0.304 e. The second kappa shape index (κ2) is 7.18. The van der Waals surface area contributed by atoms with Crippen molar-refractivity contribution in [3.8, 4) is 11.3 Å². The molecule has 1 aromatic carbocycles. The van der Waals surface area contributed by atoms with Crippen molar-refractivity contribution in [3.05, 3.63) is 42.0 Å². The number of carboxylic acid groups (broad SMARTS) is 1. The van der Waals surface area contributed by atoms with E-state index in [1.807, 2.05) is 30.3 Å². The van der Waals surface area contributed by atoms with E-state index >= 15 is 0 Å². The highest BCUT2D eigenvalue weighted by molar-refractivity contribution is 5.66. The monoisotopic (exact) mass is 328 g/mol. The Bertz CT molecular complexity index is 694. The molecule has 0 unspecified atom stereocenters. The molecule has 0 spiro atoms. The average Bonchev–Trinajstić information content (AvgIpc) is 3.20. The Labute approximate surface area is 142 Å². The molecule has 1 saturated heterocycles. The number of hydrogen-bond acceptors (Lipinski definition) is 4. The Morgan fingerprint density at radius 1 is 1.38 bits per heavy atom. The maximum absolute atomic E-state index is 10.9. The molecule has 1 aromatic heterocycles. The highest BCUT2D eigenvalue weighted by atomic mass is 16.4. The van der Waals surface area contributed by atoms with Gasteiger partial charge in [-0.15, -0.1) is 0 Å². The Morgan fingerprint density at radius 3 is 2.79 bits per heavy atom. The lowest BCUT2D eigenvalue weighted by Gasteiger charge is -2.20. The van der Waals surface area contributed by atoms with E-state index in [9.17, 15) is 4.79 Å². The van der Waals surface area contributed by atoms with E-state index < -0.39 is 5.97 Å². The number of hydrogen-bond donors (Lipinski definition) is 1. The highest BCUT2D eigenvalue weighted by Crippen LogP contribution is 2.37. The molecule has 0 bridgehead atoms. The van der Waals surface area contributed by atoms with E-state index in [0.717, 1.165) is 42.3 Å². The fraction of sp³-hybridized carbons (Fsp3) is 0.474. The zero-order chi connectivity index (χ0) is 17.1. The minimum absolute atomic E-state index is 0.0827. The molecule has 1 aliphatic rings. The van der Waals surface area contributed by atoms with Gasteiger partial charge in [0.25, 0.3) is 0 Å². The van der Waals surface area contributed by atoms with Gasteiger partial charge < -0.3 is 9.52 Å². The van der Waals surface area contributed by atoms with Gasteiger partial charge in [-0.1, -0.05) is 44.2 Å². The SMILES string of the molecule is CC(C)c1oc([C@H]2CCCN2CCC(=O)O)nc1-c1ccccc1. The molecule has 2 heterocycles. The second-order valence-electron chi connectivity index (χ2n) is 6.62. The summed E-state index contributed by atoms with van der Waals surface area (Å²) >= 11 is 0. The molecule has 128 valence electrons. The molecule has 0 amide bonds. The molecular weight excluding hydrogens is 304 g/mol. The van der Waals surface area contributed by atoms with Crippen molar-refractivity contribution in [1.82, 2.24) is 9.88 Å². The summed E-state index contributed by atoms with van der Waals surface area (Å²) in [5.74, 6) is 1.11. The second-order valence-corrected chi connectivity index (χ2v) is 6.62. The van der Waals surface area contributed by atoms with Gasteiger partial charge in [0.05, 0.1) is 12.5 Å². The molecule has 0 aliphatic carbocycles. The van der Waals surface area contributed by atoms with E-state index in [2.05, 4.69) is 18.7 Å². The Balaban J connectivity index is 1.90. The third-order valence-corrected chi connectivity index (χ3v) is 4.50. The van der Waals surface area contributed by atoms with Gasteiger partial charge in [-0.3, -0.25) is 9.69 Å². The zero-order valence-electron chi connectivity index (χ0n) is 14.2. The van der Waals surface area contributed by atoms with Crippen LogP contribution in [0.15, 0.2) is 34.7 Å². The molecule has 0 saturated carbocycles. The predicted molar refractivity (Wildman–Crippen MR) is 91.8 cm³/mol. The van der Waals surface area contributed by atoms with Crippen molar-refractivity contribution < 1.29 is 14.3 Å². The van der Waals surface area contributed by atoms with Crippen LogP contribution in [0.5, 0.6) is 0 Å². The number of benzene rings is 1. The Hall–Kier alpha value is -2.14. The molecule has 1 aliphatic heterocycles. The summed E-state index contributed by atoms with van der Waals surface area (Å²) in [7, 11) is 0. The van der Waals surface area contributed by atoms with Crippen molar-refractivity contribution in [2.24, 2.45) is 0 Å². The van der Waals surface area contributed by atoms with Crippen molar-refractivity contribution in [1.29, 1.82) is 0 Å². The first-order chi connectivity index (χ1) is 11.6. The summed E-state index contributed by atoms with van der Waals surface area (Å²) in [6.07, 6.45) is 2.16. The summed E-state index contributed by atoms with van der Waals surface area (Å²) in [6.45, 7) is 5.65. The van der Waals surface area contributed by atoms with Crippen LogP contribution in [0, 0.1) is 0 Å². The Morgan fingerprint density at radius 2 is 2.12 bits per heavy atom. The van der Waals surface area contributed by atoms with Crippen LogP contribution in [0.1, 0.15) is 56.7 Å². The average molecular weight is 328 g/mol. The summed E-state index contributed by atoms with van der Waals surface area (Å²) < 4.78 is 6.15. The van der Waals surface area contributed by atoms with Crippen LogP contribution in [0.4, 0.5) is 0 Å². The number of likely N-dealkylation sites (tertiary alicyclic amines) is 1. The molecule has 2 aromatic rings. The van der Waals surface area contributed by atoms with Gasteiger partial charge in [0.2, 0.25) is 5.89 Å². The van der Waals surface area contributed by atoms with Crippen molar-refractivity contribution in [2.75, 3.05) is 13.1 Å². The van der Waals surface area contributed by atoms with Crippen LogP contribution in [0.25, 0.3) is 11.3 Å². The first-order valence-electron chi connectivity index (χ1n) is 8.58. The lowest BCUT2D eigenvalue weighted by molar-refractivity contribution is -0.137. The first kappa shape index (κ1) is 16.7. The maximum Gasteiger partial charge on any atom is 0.304 e. The number of carbonyl (C=O) groups is 1. The lowest BCUT2D eigenvalue weighted by atomic mass is 10.0. The fourth-order valence-corrected chi connectivity index (χ4v) is 3.30. The number of carboxylic acids is 1. The van der Waals surface area contributed by atoms with Crippen molar-refractivity contribution in [3.63, 3.8) is 0 Å².